The van der Waals surface area contributed by atoms with Crippen LogP contribution in [-0.2, 0) is 4.79 Å². The number of nitrogens with one attached hydrogen (secondary N) is 2. The number of amides is 1. The van der Waals surface area contributed by atoms with Crippen molar-refractivity contribution in [1.82, 2.24) is 20.1 Å². The molecule has 2 heterocycles. The lowest BCUT2D eigenvalue weighted by Crippen LogP contribution is -2.44. The fourth-order valence-electron chi connectivity index (χ4n) is 2.09. The number of anilines is 1. The summed E-state index contributed by atoms with van der Waals surface area (Å²) < 4.78 is 3.62. The second-order valence-corrected chi connectivity index (χ2v) is 5.62. The summed E-state index contributed by atoms with van der Waals surface area (Å²) in [7, 11) is 0. The molecular weight excluding hydrogens is 238 g/mol. The Kier molecular flexibility index (Phi) is 3.68. The van der Waals surface area contributed by atoms with Crippen molar-refractivity contribution in [3.8, 4) is 0 Å². The molecule has 0 aromatic carbocycles. The van der Waals surface area contributed by atoms with E-state index in [0.29, 0.717) is 11.0 Å². The molecule has 1 amide bonds. The Morgan fingerprint density at radius 3 is 3.00 bits per heavy atom. The topological polar surface area (TPSA) is 79.8 Å². The first-order valence-electron chi connectivity index (χ1n) is 5.78. The van der Waals surface area contributed by atoms with Crippen LogP contribution in [0.25, 0.3) is 0 Å². The van der Waals surface area contributed by atoms with E-state index in [4.69, 9.17) is 0 Å². The van der Waals surface area contributed by atoms with Crippen molar-refractivity contribution in [2.45, 2.75) is 26.7 Å². The highest BCUT2D eigenvalue weighted by atomic mass is 32.1. The van der Waals surface area contributed by atoms with Gasteiger partial charge in [0, 0.05) is 16.9 Å². The van der Waals surface area contributed by atoms with Gasteiger partial charge in [0.15, 0.2) is 0 Å². The molecule has 2 N–H and O–H groups in total. The van der Waals surface area contributed by atoms with Crippen LogP contribution in [0, 0.1) is 11.3 Å². The van der Waals surface area contributed by atoms with Crippen molar-refractivity contribution in [3.63, 3.8) is 0 Å². The van der Waals surface area contributed by atoms with Gasteiger partial charge in [0.1, 0.15) is 0 Å². The van der Waals surface area contributed by atoms with Crippen molar-refractivity contribution in [3.05, 3.63) is 0 Å². The molecule has 1 aliphatic heterocycles. The number of rotatable bonds is 3. The van der Waals surface area contributed by atoms with Crippen LogP contribution in [0.15, 0.2) is 0 Å². The van der Waals surface area contributed by atoms with Gasteiger partial charge in [-0.2, -0.15) is 0 Å². The van der Waals surface area contributed by atoms with E-state index in [1.807, 2.05) is 13.8 Å². The number of carbonyl (C=O) groups excluding carboxylic acids is 1. The minimum Gasteiger partial charge on any atom is -0.316 e. The molecule has 0 spiro atoms. The third-order valence-electron chi connectivity index (χ3n) is 3.42. The van der Waals surface area contributed by atoms with Crippen LogP contribution in [0.5, 0.6) is 0 Å². The molecule has 0 saturated carbocycles. The molecular formula is C10H17N5OS. The number of nitrogens with zero attached hydrogens (tertiary/aromatic N) is 3. The summed E-state index contributed by atoms with van der Waals surface area (Å²) in [5.74, 6) is 0.349. The van der Waals surface area contributed by atoms with Crippen LogP contribution in [0.3, 0.4) is 0 Å². The first-order chi connectivity index (χ1) is 8.10. The summed E-state index contributed by atoms with van der Waals surface area (Å²) >= 11 is 1.09. The highest BCUT2D eigenvalue weighted by Gasteiger charge is 2.37. The van der Waals surface area contributed by atoms with Gasteiger partial charge in [-0.15, -0.1) is 0 Å². The number of hydrogen-bond donors (Lipinski definition) is 2. The molecule has 0 bridgehead atoms. The highest BCUT2D eigenvalue weighted by molar-refractivity contribution is 7.09. The van der Waals surface area contributed by atoms with Gasteiger partial charge in [0.05, 0.1) is 0 Å². The lowest BCUT2D eigenvalue weighted by Gasteiger charge is -2.35. The van der Waals surface area contributed by atoms with Crippen LogP contribution in [0.1, 0.15) is 26.7 Å². The Morgan fingerprint density at radius 2 is 2.41 bits per heavy atom. The largest absolute Gasteiger partial charge is 0.316 e. The Morgan fingerprint density at radius 1 is 1.59 bits per heavy atom. The van der Waals surface area contributed by atoms with Gasteiger partial charge in [-0.25, -0.2) is 0 Å². The fraction of sp³-hybridized carbons (Fsp3) is 0.800. The van der Waals surface area contributed by atoms with E-state index in [1.54, 1.807) is 0 Å². The average Bonchev–Trinajstić information content (AvgIpc) is 2.83. The van der Waals surface area contributed by atoms with E-state index < -0.39 is 5.41 Å². The van der Waals surface area contributed by atoms with Crippen LogP contribution in [0.2, 0.25) is 0 Å². The van der Waals surface area contributed by atoms with Crippen molar-refractivity contribution >= 4 is 22.6 Å². The fourth-order valence-corrected chi connectivity index (χ4v) is 2.46. The van der Waals surface area contributed by atoms with Crippen molar-refractivity contribution in [2.75, 3.05) is 18.4 Å². The van der Waals surface area contributed by atoms with E-state index in [0.717, 1.165) is 37.5 Å². The lowest BCUT2D eigenvalue weighted by molar-refractivity contribution is -0.127. The maximum atomic E-state index is 12.2. The normalized spacial score (nSPS) is 21.2. The zero-order chi connectivity index (χ0) is 12.3. The molecule has 1 saturated heterocycles. The Bertz CT molecular complexity index is 372. The van der Waals surface area contributed by atoms with E-state index in [-0.39, 0.29) is 5.91 Å². The number of hydrogen-bond acceptors (Lipinski definition) is 6. The Hall–Kier alpha value is -1.08. The molecule has 94 valence electrons. The molecule has 1 atom stereocenters. The summed E-state index contributed by atoms with van der Waals surface area (Å²) in [6.07, 6.45) is 2.21. The second kappa shape index (κ2) is 5.05. The number of carbonyl (C=O) groups is 1. The maximum absolute atomic E-state index is 12.2. The standard InChI is InChI=1S/C10H17N5OS/c1-10(2,7-4-3-5-11-6-7)8(16)12-9-13-14-15-17-9/h7,11H,3-6H2,1-2H3,(H,12,13,15,16). The summed E-state index contributed by atoms with van der Waals surface area (Å²) in [6.45, 7) is 5.91. The first-order valence-corrected chi connectivity index (χ1v) is 6.55. The predicted octanol–water partition coefficient (Wildman–Crippen LogP) is 0.897. The van der Waals surface area contributed by atoms with Gasteiger partial charge < -0.3 is 5.32 Å². The quantitative estimate of drug-likeness (QED) is 0.838. The van der Waals surface area contributed by atoms with Crippen molar-refractivity contribution in [1.29, 1.82) is 0 Å². The van der Waals surface area contributed by atoms with Gasteiger partial charge in [-0.3, -0.25) is 10.1 Å². The minimum atomic E-state index is -0.404. The molecule has 1 fully saturated rings. The SMILES string of the molecule is CC(C)(C(=O)Nc1nnns1)C1CCCNC1. The van der Waals surface area contributed by atoms with Gasteiger partial charge >= 0.3 is 0 Å². The Labute approximate surface area is 104 Å². The van der Waals surface area contributed by atoms with E-state index in [1.165, 1.54) is 0 Å². The van der Waals surface area contributed by atoms with Gasteiger partial charge in [-0.1, -0.05) is 23.4 Å². The average molecular weight is 255 g/mol. The number of piperidine rings is 1. The summed E-state index contributed by atoms with van der Waals surface area (Å²) in [5, 5.41) is 13.8. The molecule has 1 aromatic rings. The predicted molar refractivity (Wildman–Crippen MR) is 65.7 cm³/mol. The molecule has 1 unspecified atom stereocenters. The van der Waals surface area contributed by atoms with Crippen molar-refractivity contribution in [2.24, 2.45) is 11.3 Å². The summed E-state index contributed by atoms with van der Waals surface area (Å²) in [6, 6.07) is 0. The van der Waals surface area contributed by atoms with Crippen LogP contribution in [-0.4, -0.2) is 33.8 Å². The number of aromatic nitrogens is 3. The highest BCUT2D eigenvalue weighted by Crippen LogP contribution is 2.32. The molecule has 1 aromatic heterocycles. The lowest BCUT2D eigenvalue weighted by atomic mass is 9.74. The maximum Gasteiger partial charge on any atom is 0.232 e. The van der Waals surface area contributed by atoms with Crippen LogP contribution in [0.4, 0.5) is 5.13 Å². The van der Waals surface area contributed by atoms with Crippen LogP contribution >= 0.6 is 11.5 Å². The molecule has 6 nitrogen and oxygen atoms in total. The molecule has 0 aliphatic carbocycles. The minimum absolute atomic E-state index is 0.00949. The van der Waals surface area contributed by atoms with E-state index >= 15 is 0 Å². The van der Waals surface area contributed by atoms with E-state index in [9.17, 15) is 4.79 Å². The molecule has 1 aliphatic rings. The monoisotopic (exact) mass is 255 g/mol. The molecule has 7 heteroatoms. The second-order valence-electron chi connectivity index (χ2n) is 4.89. The molecule has 17 heavy (non-hydrogen) atoms. The summed E-state index contributed by atoms with van der Waals surface area (Å²) in [5.41, 5.74) is -0.404. The molecule has 2 rings (SSSR count). The summed E-state index contributed by atoms with van der Waals surface area (Å²) in [4.78, 5) is 12.2. The first kappa shape index (κ1) is 12.4. The van der Waals surface area contributed by atoms with Gasteiger partial charge in [0.25, 0.3) is 0 Å². The zero-order valence-corrected chi connectivity index (χ0v) is 10.9. The Balaban J connectivity index is 2.00. The zero-order valence-electron chi connectivity index (χ0n) is 10.1. The van der Waals surface area contributed by atoms with Gasteiger partial charge in [0.2, 0.25) is 11.0 Å². The van der Waals surface area contributed by atoms with Gasteiger partial charge in [-0.05, 0) is 37.1 Å². The third-order valence-corrected chi connectivity index (χ3v) is 3.93. The molecule has 0 radical (unpaired) electrons. The van der Waals surface area contributed by atoms with Crippen LogP contribution < -0.4 is 10.6 Å². The van der Waals surface area contributed by atoms with Crippen molar-refractivity contribution < 1.29 is 4.79 Å². The smallest absolute Gasteiger partial charge is 0.232 e. The van der Waals surface area contributed by atoms with E-state index in [2.05, 4.69) is 25.4 Å². The third kappa shape index (κ3) is 2.78.